The number of aromatic nitrogens is 2. The number of hydrogen-bond acceptors (Lipinski definition) is 2. The van der Waals surface area contributed by atoms with Crippen molar-refractivity contribution in [3.8, 4) is 0 Å². The van der Waals surface area contributed by atoms with Crippen molar-refractivity contribution < 1.29 is 4.79 Å². The van der Waals surface area contributed by atoms with E-state index in [1.807, 2.05) is 29.8 Å². The van der Waals surface area contributed by atoms with Gasteiger partial charge < -0.3 is 9.88 Å². The van der Waals surface area contributed by atoms with Gasteiger partial charge in [0.1, 0.15) is 0 Å². The first-order chi connectivity index (χ1) is 9.24. The third-order valence-corrected chi connectivity index (χ3v) is 3.93. The predicted octanol–water partition coefficient (Wildman–Crippen LogP) is 2.64. The number of amides is 1. The number of imidazole rings is 1. The smallest absolute Gasteiger partial charge is 0.251 e. The zero-order valence-corrected chi connectivity index (χ0v) is 11.2. The molecular weight excluding hydrogens is 238 g/mol. The molecule has 1 aliphatic carbocycles. The molecule has 2 aromatic rings. The number of carbonyl (C=O) groups is 1. The molecule has 1 fully saturated rings. The van der Waals surface area contributed by atoms with Crippen LogP contribution in [0, 0.1) is 0 Å². The molecule has 0 spiro atoms. The number of nitrogens with one attached hydrogen (secondary N) is 1. The van der Waals surface area contributed by atoms with E-state index < -0.39 is 0 Å². The summed E-state index contributed by atoms with van der Waals surface area (Å²) >= 11 is 0. The van der Waals surface area contributed by atoms with Crippen LogP contribution in [0.25, 0.3) is 11.0 Å². The summed E-state index contributed by atoms with van der Waals surface area (Å²) in [5.74, 6) is 0.0370. The second kappa shape index (κ2) is 5.03. The molecule has 4 nitrogen and oxygen atoms in total. The molecule has 100 valence electrons. The Labute approximate surface area is 112 Å². The summed E-state index contributed by atoms with van der Waals surface area (Å²) in [6, 6.07) is 6.03. The van der Waals surface area contributed by atoms with Gasteiger partial charge in [-0.05, 0) is 31.0 Å². The Hall–Kier alpha value is -1.84. The Morgan fingerprint density at radius 1 is 1.32 bits per heavy atom. The summed E-state index contributed by atoms with van der Waals surface area (Å²) in [6.07, 6.45) is 7.75. The number of fused-ring (bicyclic) bond motifs is 1. The molecule has 0 aliphatic heterocycles. The molecular formula is C15H19N3O. The van der Waals surface area contributed by atoms with E-state index in [4.69, 9.17) is 0 Å². The zero-order valence-electron chi connectivity index (χ0n) is 11.2. The van der Waals surface area contributed by atoms with Crippen LogP contribution in [0.2, 0.25) is 0 Å². The van der Waals surface area contributed by atoms with Gasteiger partial charge in [-0.2, -0.15) is 0 Å². The molecule has 3 rings (SSSR count). The second-order valence-corrected chi connectivity index (χ2v) is 5.37. The van der Waals surface area contributed by atoms with E-state index in [1.54, 1.807) is 6.33 Å². The van der Waals surface area contributed by atoms with Crippen LogP contribution >= 0.6 is 0 Å². The monoisotopic (exact) mass is 257 g/mol. The Morgan fingerprint density at radius 2 is 2.11 bits per heavy atom. The molecule has 0 unspecified atom stereocenters. The fraction of sp³-hybridized carbons (Fsp3) is 0.467. The Bertz CT molecular complexity index is 596. The van der Waals surface area contributed by atoms with E-state index in [2.05, 4.69) is 10.3 Å². The van der Waals surface area contributed by atoms with E-state index >= 15 is 0 Å². The molecule has 1 amide bonds. The van der Waals surface area contributed by atoms with E-state index in [0.717, 1.165) is 29.4 Å². The molecule has 1 aliphatic rings. The fourth-order valence-electron chi connectivity index (χ4n) is 2.78. The van der Waals surface area contributed by atoms with E-state index in [0.29, 0.717) is 6.04 Å². The SMILES string of the molecule is Cn1cnc2ccc(C(=O)NC3CCCCC3)cc21. The summed E-state index contributed by atoms with van der Waals surface area (Å²) in [5.41, 5.74) is 2.65. The van der Waals surface area contributed by atoms with Gasteiger partial charge in [0.05, 0.1) is 17.4 Å². The zero-order chi connectivity index (χ0) is 13.2. The van der Waals surface area contributed by atoms with Crippen LogP contribution in [0.15, 0.2) is 24.5 Å². The van der Waals surface area contributed by atoms with Crippen LogP contribution < -0.4 is 5.32 Å². The number of aryl methyl sites for hydroxylation is 1. The van der Waals surface area contributed by atoms with Crippen LogP contribution in [0.5, 0.6) is 0 Å². The Kier molecular flexibility index (Phi) is 3.23. The average molecular weight is 257 g/mol. The molecule has 19 heavy (non-hydrogen) atoms. The van der Waals surface area contributed by atoms with Gasteiger partial charge in [0.15, 0.2) is 0 Å². The van der Waals surface area contributed by atoms with Gasteiger partial charge in [0.25, 0.3) is 5.91 Å². The third-order valence-electron chi connectivity index (χ3n) is 3.93. The van der Waals surface area contributed by atoms with Gasteiger partial charge in [-0.3, -0.25) is 4.79 Å². The summed E-state index contributed by atoms with van der Waals surface area (Å²) in [7, 11) is 1.94. The lowest BCUT2D eigenvalue weighted by Crippen LogP contribution is -2.36. The maximum Gasteiger partial charge on any atom is 0.251 e. The summed E-state index contributed by atoms with van der Waals surface area (Å²) in [4.78, 5) is 16.5. The molecule has 1 heterocycles. The molecule has 0 atom stereocenters. The highest BCUT2D eigenvalue weighted by Gasteiger charge is 2.17. The van der Waals surface area contributed by atoms with Crippen molar-refractivity contribution in [3.05, 3.63) is 30.1 Å². The molecule has 1 aromatic carbocycles. The third kappa shape index (κ3) is 2.48. The highest BCUT2D eigenvalue weighted by atomic mass is 16.1. The normalized spacial score (nSPS) is 16.7. The molecule has 1 saturated carbocycles. The van der Waals surface area contributed by atoms with Gasteiger partial charge in [-0.25, -0.2) is 4.98 Å². The molecule has 0 saturated heterocycles. The number of nitrogens with zero attached hydrogens (tertiary/aromatic N) is 2. The summed E-state index contributed by atoms with van der Waals surface area (Å²) in [5, 5.41) is 3.14. The van der Waals surface area contributed by atoms with Gasteiger partial charge in [0.2, 0.25) is 0 Å². The van der Waals surface area contributed by atoms with Crippen LogP contribution in [0.4, 0.5) is 0 Å². The predicted molar refractivity (Wildman–Crippen MR) is 75.1 cm³/mol. The molecule has 4 heteroatoms. The molecule has 0 bridgehead atoms. The Morgan fingerprint density at radius 3 is 2.89 bits per heavy atom. The quantitative estimate of drug-likeness (QED) is 0.899. The highest BCUT2D eigenvalue weighted by molar-refractivity contribution is 5.97. The summed E-state index contributed by atoms with van der Waals surface area (Å²) < 4.78 is 1.94. The first kappa shape index (κ1) is 12.2. The van der Waals surface area contributed by atoms with E-state index in [1.165, 1.54) is 19.3 Å². The number of hydrogen-bond donors (Lipinski definition) is 1. The minimum Gasteiger partial charge on any atom is -0.349 e. The van der Waals surface area contributed by atoms with Crippen LogP contribution in [-0.4, -0.2) is 21.5 Å². The maximum atomic E-state index is 12.2. The molecule has 0 radical (unpaired) electrons. The largest absolute Gasteiger partial charge is 0.349 e. The first-order valence-corrected chi connectivity index (χ1v) is 6.96. The molecule has 1 aromatic heterocycles. The first-order valence-electron chi connectivity index (χ1n) is 6.96. The summed E-state index contributed by atoms with van der Waals surface area (Å²) in [6.45, 7) is 0. The lowest BCUT2D eigenvalue weighted by molar-refractivity contribution is 0.0928. The number of rotatable bonds is 2. The van der Waals surface area contributed by atoms with Crippen LogP contribution in [0.1, 0.15) is 42.5 Å². The fourth-order valence-corrected chi connectivity index (χ4v) is 2.78. The van der Waals surface area contributed by atoms with Crippen LogP contribution in [-0.2, 0) is 7.05 Å². The van der Waals surface area contributed by atoms with Gasteiger partial charge in [-0.1, -0.05) is 19.3 Å². The van der Waals surface area contributed by atoms with Crippen molar-refractivity contribution in [2.24, 2.45) is 7.05 Å². The van der Waals surface area contributed by atoms with Crippen LogP contribution in [0.3, 0.4) is 0 Å². The van der Waals surface area contributed by atoms with Crippen molar-refractivity contribution in [1.82, 2.24) is 14.9 Å². The van der Waals surface area contributed by atoms with Crippen molar-refractivity contribution in [1.29, 1.82) is 0 Å². The van der Waals surface area contributed by atoms with E-state index in [9.17, 15) is 4.79 Å². The van der Waals surface area contributed by atoms with Crippen molar-refractivity contribution in [3.63, 3.8) is 0 Å². The topological polar surface area (TPSA) is 46.9 Å². The van der Waals surface area contributed by atoms with E-state index in [-0.39, 0.29) is 5.91 Å². The highest BCUT2D eigenvalue weighted by Crippen LogP contribution is 2.19. The van der Waals surface area contributed by atoms with Crippen molar-refractivity contribution in [2.75, 3.05) is 0 Å². The minimum atomic E-state index is 0.0370. The molecule has 1 N–H and O–H groups in total. The number of carbonyl (C=O) groups excluding carboxylic acids is 1. The minimum absolute atomic E-state index is 0.0370. The Balaban J connectivity index is 1.78. The average Bonchev–Trinajstić information content (AvgIpc) is 2.81. The van der Waals surface area contributed by atoms with Gasteiger partial charge >= 0.3 is 0 Å². The standard InChI is InChI=1S/C15H19N3O/c1-18-10-16-13-8-7-11(9-14(13)18)15(19)17-12-5-3-2-4-6-12/h7-10,12H,2-6H2,1H3,(H,17,19). The van der Waals surface area contributed by atoms with Gasteiger partial charge in [-0.15, -0.1) is 0 Å². The number of benzene rings is 1. The lowest BCUT2D eigenvalue weighted by atomic mass is 9.95. The second-order valence-electron chi connectivity index (χ2n) is 5.37. The van der Waals surface area contributed by atoms with Crippen molar-refractivity contribution in [2.45, 2.75) is 38.1 Å². The lowest BCUT2D eigenvalue weighted by Gasteiger charge is -2.22. The van der Waals surface area contributed by atoms with Crippen molar-refractivity contribution >= 4 is 16.9 Å². The maximum absolute atomic E-state index is 12.2. The van der Waals surface area contributed by atoms with Gasteiger partial charge in [0, 0.05) is 18.7 Å².